The van der Waals surface area contributed by atoms with E-state index >= 15 is 0 Å². The average Bonchev–Trinajstić information content (AvgIpc) is 2.58. The molecule has 0 aliphatic rings. The Morgan fingerprint density at radius 3 is 2.28 bits per heavy atom. The smallest absolute Gasteiger partial charge is 0.260 e. The SMILES string of the molecule is CCc1ccc(OCCNC(=O)[C@H](C)Oc2cc(C)cc(C)c2)cc1. The Labute approximate surface area is 150 Å². The Morgan fingerprint density at radius 2 is 1.68 bits per heavy atom. The molecule has 0 bridgehead atoms. The highest BCUT2D eigenvalue weighted by molar-refractivity contribution is 5.80. The normalized spacial score (nSPS) is 11.7. The first kappa shape index (κ1) is 18.8. The van der Waals surface area contributed by atoms with E-state index in [9.17, 15) is 4.79 Å². The molecule has 4 nitrogen and oxygen atoms in total. The summed E-state index contributed by atoms with van der Waals surface area (Å²) < 4.78 is 11.4. The van der Waals surface area contributed by atoms with Gasteiger partial charge in [0.1, 0.15) is 18.1 Å². The lowest BCUT2D eigenvalue weighted by Crippen LogP contribution is -2.38. The molecule has 1 amide bonds. The van der Waals surface area contributed by atoms with Crippen LogP contribution >= 0.6 is 0 Å². The Kier molecular flexibility index (Phi) is 6.87. The van der Waals surface area contributed by atoms with Crippen molar-refractivity contribution in [1.82, 2.24) is 5.32 Å². The summed E-state index contributed by atoms with van der Waals surface area (Å²) in [6.07, 6.45) is 0.458. The number of amides is 1. The molecule has 1 atom stereocenters. The van der Waals surface area contributed by atoms with Crippen LogP contribution in [0.1, 0.15) is 30.5 Å². The molecule has 2 aromatic rings. The number of aryl methyl sites for hydroxylation is 3. The van der Waals surface area contributed by atoms with Crippen LogP contribution in [0.4, 0.5) is 0 Å². The topological polar surface area (TPSA) is 47.6 Å². The summed E-state index contributed by atoms with van der Waals surface area (Å²) in [7, 11) is 0. The third-order valence-corrected chi connectivity index (χ3v) is 3.88. The van der Waals surface area contributed by atoms with Crippen molar-refractivity contribution >= 4 is 5.91 Å². The highest BCUT2D eigenvalue weighted by Crippen LogP contribution is 2.17. The average molecular weight is 341 g/mol. The van der Waals surface area contributed by atoms with Gasteiger partial charge in [-0.15, -0.1) is 0 Å². The Bertz CT molecular complexity index is 675. The van der Waals surface area contributed by atoms with Crippen molar-refractivity contribution in [2.24, 2.45) is 0 Å². The number of carbonyl (C=O) groups is 1. The molecule has 0 fully saturated rings. The molecule has 0 aliphatic carbocycles. The van der Waals surface area contributed by atoms with Crippen molar-refractivity contribution < 1.29 is 14.3 Å². The van der Waals surface area contributed by atoms with Gasteiger partial charge >= 0.3 is 0 Å². The zero-order valence-electron chi connectivity index (χ0n) is 15.5. The minimum absolute atomic E-state index is 0.149. The van der Waals surface area contributed by atoms with Crippen molar-refractivity contribution in [3.63, 3.8) is 0 Å². The summed E-state index contributed by atoms with van der Waals surface area (Å²) in [6, 6.07) is 13.9. The summed E-state index contributed by atoms with van der Waals surface area (Å²) in [5.74, 6) is 1.38. The molecule has 0 heterocycles. The summed E-state index contributed by atoms with van der Waals surface area (Å²) in [5.41, 5.74) is 3.51. The van der Waals surface area contributed by atoms with Gasteiger partial charge in [-0.2, -0.15) is 0 Å². The fraction of sp³-hybridized carbons (Fsp3) is 0.381. The van der Waals surface area contributed by atoms with Gasteiger partial charge in [0.2, 0.25) is 0 Å². The molecule has 2 rings (SSSR count). The van der Waals surface area contributed by atoms with Crippen LogP contribution in [0.25, 0.3) is 0 Å². The summed E-state index contributed by atoms with van der Waals surface area (Å²) in [5, 5.41) is 2.84. The van der Waals surface area contributed by atoms with E-state index in [4.69, 9.17) is 9.47 Å². The standard InChI is InChI=1S/C21H27NO3/c1-5-18-6-8-19(9-7-18)24-11-10-22-21(23)17(4)25-20-13-15(2)12-16(3)14-20/h6-9,12-14,17H,5,10-11H2,1-4H3,(H,22,23)/t17-/m0/s1. The maximum atomic E-state index is 12.1. The van der Waals surface area contributed by atoms with E-state index in [1.807, 2.05) is 50.2 Å². The Morgan fingerprint density at radius 1 is 1.04 bits per heavy atom. The van der Waals surface area contributed by atoms with Crippen molar-refractivity contribution in [2.75, 3.05) is 13.2 Å². The second-order valence-electron chi connectivity index (χ2n) is 6.22. The number of hydrogen-bond donors (Lipinski definition) is 1. The third-order valence-electron chi connectivity index (χ3n) is 3.88. The van der Waals surface area contributed by atoms with Crippen molar-refractivity contribution in [3.05, 3.63) is 59.2 Å². The van der Waals surface area contributed by atoms with E-state index in [2.05, 4.69) is 18.3 Å². The molecule has 0 saturated heterocycles. The zero-order chi connectivity index (χ0) is 18.2. The van der Waals surface area contributed by atoms with Gasteiger partial charge in [-0.05, 0) is 68.1 Å². The molecule has 0 saturated carbocycles. The van der Waals surface area contributed by atoms with Gasteiger partial charge in [0, 0.05) is 0 Å². The van der Waals surface area contributed by atoms with E-state index in [1.165, 1.54) is 5.56 Å². The summed E-state index contributed by atoms with van der Waals surface area (Å²) in [6.45, 7) is 8.75. The van der Waals surface area contributed by atoms with Crippen LogP contribution in [0.3, 0.4) is 0 Å². The van der Waals surface area contributed by atoms with Gasteiger partial charge in [-0.1, -0.05) is 25.1 Å². The van der Waals surface area contributed by atoms with E-state index < -0.39 is 6.10 Å². The molecule has 1 N–H and O–H groups in total. The van der Waals surface area contributed by atoms with Crippen LogP contribution < -0.4 is 14.8 Å². The molecule has 0 radical (unpaired) electrons. The van der Waals surface area contributed by atoms with Gasteiger partial charge in [-0.3, -0.25) is 4.79 Å². The predicted octanol–water partition coefficient (Wildman–Crippen LogP) is 3.83. The minimum atomic E-state index is -0.551. The Balaban J connectivity index is 1.73. The number of carbonyl (C=O) groups excluding carboxylic acids is 1. The fourth-order valence-electron chi connectivity index (χ4n) is 2.57. The van der Waals surface area contributed by atoms with Crippen LogP contribution in [0, 0.1) is 13.8 Å². The molecule has 2 aromatic carbocycles. The molecule has 134 valence electrons. The lowest BCUT2D eigenvalue weighted by molar-refractivity contribution is -0.127. The highest BCUT2D eigenvalue weighted by atomic mass is 16.5. The largest absolute Gasteiger partial charge is 0.492 e. The number of nitrogens with one attached hydrogen (secondary N) is 1. The molecular weight excluding hydrogens is 314 g/mol. The van der Waals surface area contributed by atoms with Crippen LogP contribution in [0.15, 0.2) is 42.5 Å². The highest BCUT2D eigenvalue weighted by Gasteiger charge is 2.14. The third kappa shape index (κ3) is 6.14. The molecular formula is C21H27NO3. The van der Waals surface area contributed by atoms with Crippen molar-refractivity contribution in [1.29, 1.82) is 0 Å². The lowest BCUT2D eigenvalue weighted by Gasteiger charge is -2.16. The molecule has 0 aliphatic heterocycles. The van der Waals surface area contributed by atoms with Gasteiger partial charge in [0.15, 0.2) is 6.10 Å². The molecule has 4 heteroatoms. The molecule has 0 unspecified atom stereocenters. The second-order valence-corrected chi connectivity index (χ2v) is 6.22. The first-order valence-corrected chi connectivity index (χ1v) is 8.72. The van der Waals surface area contributed by atoms with Crippen molar-refractivity contribution in [2.45, 2.75) is 40.2 Å². The molecule has 25 heavy (non-hydrogen) atoms. The fourth-order valence-corrected chi connectivity index (χ4v) is 2.57. The van der Waals surface area contributed by atoms with Crippen molar-refractivity contribution in [3.8, 4) is 11.5 Å². The maximum Gasteiger partial charge on any atom is 0.260 e. The van der Waals surface area contributed by atoms with Crippen LogP contribution in [-0.2, 0) is 11.2 Å². The number of hydrogen-bond acceptors (Lipinski definition) is 3. The quantitative estimate of drug-likeness (QED) is 0.742. The summed E-state index contributed by atoms with van der Waals surface area (Å²) in [4.78, 5) is 12.1. The lowest BCUT2D eigenvalue weighted by atomic mass is 10.1. The van der Waals surface area contributed by atoms with E-state index in [0.29, 0.717) is 18.9 Å². The minimum Gasteiger partial charge on any atom is -0.492 e. The monoisotopic (exact) mass is 341 g/mol. The van der Waals surface area contributed by atoms with Gasteiger partial charge in [0.25, 0.3) is 5.91 Å². The molecule has 0 aromatic heterocycles. The summed E-state index contributed by atoms with van der Waals surface area (Å²) >= 11 is 0. The number of rotatable bonds is 8. The Hall–Kier alpha value is -2.49. The van der Waals surface area contributed by atoms with Gasteiger partial charge in [-0.25, -0.2) is 0 Å². The first-order valence-electron chi connectivity index (χ1n) is 8.72. The van der Waals surface area contributed by atoms with Crippen LogP contribution in [0.2, 0.25) is 0 Å². The molecule has 0 spiro atoms. The second kappa shape index (κ2) is 9.11. The van der Waals surface area contributed by atoms with E-state index in [-0.39, 0.29) is 5.91 Å². The number of benzene rings is 2. The van der Waals surface area contributed by atoms with Crippen LogP contribution in [-0.4, -0.2) is 25.2 Å². The van der Waals surface area contributed by atoms with Gasteiger partial charge in [0.05, 0.1) is 6.54 Å². The zero-order valence-corrected chi connectivity index (χ0v) is 15.5. The predicted molar refractivity (Wildman–Crippen MR) is 100 cm³/mol. The van der Waals surface area contributed by atoms with E-state index in [0.717, 1.165) is 23.3 Å². The number of ether oxygens (including phenoxy) is 2. The maximum absolute atomic E-state index is 12.1. The van der Waals surface area contributed by atoms with Gasteiger partial charge < -0.3 is 14.8 Å². The van der Waals surface area contributed by atoms with Crippen LogP contribution in [0.5, 0.6) is 11.5 Å². The van der Waals surface area contributed by atoms with E-state index in [1.54, 1.807) is 6.92 Å². The first-order chi connectivity index (χ1) is 12.0.